The normalized spacial score (nSPS) is 24.4. The van der Waals surface area contributed by atoms with Gasteiger partial charge in [-0.3, -0.25) is 0 Å². The zero-order chi connectivity index (χ0) is 13.3. The van der Waals surface area contributed by atoms with Crippen molar-refractivity contribution in [1.29, 1.82) is 0 Å². The molecule has 1 fully saturated rings. The van der Waals surface area contributed by atoms with Crippen LogP contribution in [0.4, 0.5) is 14.5 Å². The highest BCUT2D eigenvalue weighted by Gasteiger charge is 2.28. The predicted octanol–water partition coefficient (Wildman–Crippen LogP) is 3.19. The molecule has 1 aromatic rings. The van der Waals surface area contributed by atoms with E-state index in [0.717, 1.165) is 19.0 Å². The molecule has 18 heavy (non-hydrogen) atoms. The van der Waals surface area contributed by atoms with Crippen LogP contribution in [0.1, 0.15) is 20.3 Å². The van der Waals surface area contributed by atoms with E-state index < -0.39 is 11.6 Å². The van der Waals surface area contributed by atoms with Crippen LogP contribution in [0.25, 0.3) is 0 Å². The minimum atomic E-state index is -0.641. The topological polar surface area (TPSA) is 15.3 Å². The molecule has 1 aliphatic heterocycles. The molecule has 0 spiro atoms. The Labute approximate surface area is 111 Å². The number of hydrogen-bond acceptors (Lipinski definition) is 2. The van der Waals surface area contributed by atoms with Gasteiger partial charge in [0, 0.05) is 31.2 Å². The third-order valence-corrected chi connectivity index (χ3v) is 3.64. The summed E-state index contributed by atoms with van der Waals surface area (Å²) in [6.07, 6.45) is 0.882. The maximum absolute atomic E-state index is 13.9. The molecule has 2 nitrogen and oxygen atoms in total. The first-order valence-electron chi connectivity index (χ1n) is 6.17. The Kier molecular flexibility index (Phi) is 4.07. The van der Waals surface area contributed by atoms with E-state index in [4.69, 9.17) is 11.6 Å². The first-order valence-corrected chi connectivity index (χ1v) is 6.55. The lowest BCUT2D eigenvalue weighted by Crippen LogP contribution is -2.55. The van der Waals surface area contributed by atoms with E-state index in [0.29, 0.717) is 12.2 Å². The van der Waals surface area contributed by atoms with E-state index in [2.05, 4.69) is 5.32 Å². The van der Waals surface area contributed by atoms with Crippen molar-refractivity contribution < 1.29 is 8.78 Å². The molecular formula is C13H17ClF2N2. The van der Waals surface area contributed by atoms with E-state index in [-0.39, 0.29) is 17.1 Å². The Morgan fingerprint density at radius 3 is 2.78 bits per heavy atom. The van der Waals surface area contributed by atoms with Gasteiger partial charge in [0.1, 0.15) is 5.82 Å². The summed E-state index contributed by atoms with van der Waals surface area (Å²) in [7, 11) is 0. The summed E-state index contributed by atoms with van der Waals surface area (Å²) in [5.41, 5.74) is 0.318. The Morgan fingerprint density at radius 2 is 2.17 bits per heavy atom. The molecule has 1 aliphatic rings. The van der Waals surface area contributed by atoms with Crippen molar-refractivity contribution in [2.75, 3.05) is 18.0 Å². The second-order valence-corrected chi connectivity index (χ2v) is 5.15. The number of halogens is 3. The quantitative estimate of drug-likeness (QED) is 0.891. The molecule has 1 saturated heterocycles. The molecule has 0 amide bonds. The van der Waals surface area contributed by atoms with Gasteiger partial charge in [-0.05, 0) is 19.4 Å². The van der Waals surface area contributed by atoms with Crippen LogP contribution >= 0.6 is 11.6 Å². The largest absolute Gasteiger partial charge is 0.362 e. The average Bonchev–Trinajstić information content (AvgIpc) is 2.28. The molecule has 2 atom stereocenters. The van der Waals surface area contributed by atoms with E-state index in [9.17, 15) is 8.78 Å². The number of nitrogens with zero attached hydrogens (tertiary/aromatic N) is 1. The van der Waals surface area contributed by atoms with Crippen molar-refractivity contribution in [1.82, 2.24) is 5.32 Å². The molecule has 0 aromatic heterocycles. The minimum Gasteiger partial charge on any atom is -0.362 e. The summed E-state index contributed by atoms with van der Waals surface area (Å²) in [4.78, 5) is 1.94. The second kappa shape index (κ2) is 5.41. The Morgan fingerprint density at radius 1 is 1.44 bits per heavy atom. The number of benzene rings is 1. The molecule has 1 heterocycles. The van der Waals surface area contributed by atoms with Crippen LogP contribution in [0.5, 0.6) is 0 Å². The second-order valence-electron chi connectivity index (χ2n) is 4.74. The molecule has 5 heteroatoms. The summed E-state index contributed by atoms with van der Waals surface area (Å²) in [5, 5.41) is 3.49. The van der Waals surface area contributed by atoms with Gasteiger partial charge in [-0.15, -0.1) is 0 Å². The lowest BCUT2D eigenvalue weighted by Gasteiger charge is -2.41. The van der Waals surface area contributed by atoms with Crippen LogP contribution in [-0.4, -0.2) is 25.2 Å². The first-order chi connectivity index (χ1) is 8.52. The predicted molar refractivity (Wildman–Crippen MR) is 70.3 cm³/mol. The summed E-state index contributed by atoms with van der Waals surface area (Å²) >= 11 is 6.00. The van der Waals surface area contributed by atoms with E-state index in [1.165, 1.54) is 6.07 Å². The standard InChI is InChI=1S/C13H17ClF2N2/c1-3-10-6-17-8(2)7-18(10)13-11(14)4-9(15)5-12(13)16/h4-5,8,10,17H,3,6-7H2,1-2H3. The van der Waals surface area contributed by atoms with Gasteiger partial charge < -0.3 is 10.2 Å². The van der Waals surface area contributed by atoms with Crippen LogP contribution < -0.4 is 10.2 Å². The molecule has 100 valence electrons. The van der Waals surface area contributed by atoms with Crippen molar-refractivity contribution in [2.24, 2.45) is 0 Å². The van der Waals surface area contributed by atoms with Crippen molar-refractivity contribution in [3.63, 3.8) is 0 Å². The van der Waals surface area contributed by atoms with Gasteiger partial charge in [-0.1, -0.05) is 18.5 Å². The fraction of sp³-hybridized carbons (Fsp3) is 0.538. The highest BCUT2D eigenvalue weighted by molar-refractivity contribution is 6.33. The zero-order valence-electron chi connectivity index (χ0n) is 10.5. The van der Waals surface area contributed by atoms with Gasteiger partial charge in [0.25, 0.3) is 0 Å². The number of nitrogens with one attached hydrogen (secondary N) is 1. The highest BCUT2D eigenvalue weighted by atomic mass is 35.5. The van der Waals surface area contributed by atoms with Crippen molar-refractivity contribution >= 4 is 17.3 Å². The van der Waals surface area contributed by atoms with Gasteiger partial charge in [-0.25, -0.2) is 8.78 Å². The van der Waals surface area contributed by atoms with Gasteiger partial charge in [-0.2, -0.15) is 0 Å². The monoisotopic (exact) mass is 274 g/mol. The van der Waals surface area contributed by atoms with Gasteiger partial charge >= 0.3 is 0 Å². The summed E-state index contributed by atoms with van der Waals surface area (Å²) < 4.78 is 27.0. The Hall–Kier alpha value is -0.870. The van der Waals surface area contributed by atoms with Crippen LogP contribution in [0.2, 0.25) is 5.02 Å². The molecule has 0 bridgehead atoms. The maximum Gasteiger partial charge on any atom is 0.150 e. The minimum absolute atomic E-state index is 0.139. The maximum atomic E-state index is 13.9. The van der Waals surface area contributed by atoms with E-state index >= 15 is 0 Å². The number of rotatable bonds is 2. The van der Waals surface area contributed by atoms with Crippen LogP contribution in [-0.2, 0) is 0 Å². The fourth-order valence-corrected chi connectivity index (χ4v) is 2.71. The molecule has 0 saturated carbocycles. The van der Waals surface area contributed by atoms with Crippen molar-refractivity contribution in [2.45, 2.75) is 32.4 Å². The first kappa shape index (κ1) is 13.6. The molecule has 2 rings (SSSR count). The number of piperazine rings is 1. The molecule has 0 aliphatic carbocycles. The van der Waals surface area contributed by atoms with E-state index in [1.807, 2.05) is 18.7 Å². The molecular weight excluding hydrogens is 258 g/mol. The molecule has 2 unspecified atom stereocenters. The van der Waals surface area contributed by atoms with Crippen molar-refractivity contribution in [3.05, 3.63) is 28.8 Å². The van der Waals surface area contributed by atoms with Gasteiger partial charge in [0.05, 0.1) is 10.7 Å². The third-order valence-electron chi connectivity index (χ3n) is 3.35. The van der Waals surface area contributed by atoms with Crippen molar-refractivity contribution in [3.8, 4) is 0 Å². The fourth-order valence-electron chi connectivity index (χ4n) is 2.40. The van der Waals surface area contributed by atoms with Gasteiger partial charge in [0.15, 0.2) is 5.82 Å². The Bertz CT molecular complexity index is 416. The highest BCUT2D eigenvalue weighted by Crippen LogP contribution is 2.33. The molecule has 1 aromatic carbocycles. The third kappa shape index (κ3) is 2.59. The summed E-state index contributed by atoms with van der Waals surface area (Å²) in [6, 6.07) is 2.49. The number of anilines is 1. The zero-order valence-corrected chi connectivity index (χ0v) is 11.3. The molecule has 1 N–H and O–H groups in total. The molecule has 0 radical (unpaired) electrons. The van der Waals surface area contributed by atoms with Gasteiger partial charge in [0.2, 0.25) is 0 Å². The lowest BCUT2D eigenvalue weighted by atomic mass is 10.1. The van der Waals surface area contributed by atoms with Crippen LogP contribution in [0, 0.1) is 11.6 Å². The summed E-state index contributed by atoms with van der Waals surface area (Å²) in [6.45, 7) is 5.53. The van der Waals surface area contributed by atoms with Crippen LogP contribution in [0.3, 0.4) is 0 Å². The number of hydrogen-bond donors (Lipinski definition) is 1. The Balaban J connectivity index is 2.39. The lowest BCUT2D eigenvalue weighted by molar-refractivity contribution is 0.398. The van der Waals surface area contributed by atoms with E-state index in [1.54, 1.807) is 0 Å². The average molecular weight is 275 g/mol. The SMILES string of the molecule is CCC1CNC(C)CN1c1c(F)cc(F)cc1Cl. The summed E-state index contributed by atoms with van der Waals surface area (Å²) in [5.74, 6) is -1.23. The smallest absolute Gasteiger partial charge is 0.150 e. The van der Waals surface area contributed by atoms with Crippen LogP contribution in [0.15, 0.2) is 12.1 Å².